The summed E-state index contributed by atoms with van der Waals surface area (Å²) in [4.78, 5) is 23.1. The highest BCUT2D eigenvalue weighted by molar-refractivity contribution is 6.35. The Morgan fingerprint density at radius 2 is 2.05 bits per heavy atom. The molecule has 5 heteroatoms. The summed E-state index contributed by atoms with van der Waals surface area (Å²) in [6, 6.07) is 0.171. The minimum Gasteiger partial charge on any atom is -0.345 e. The molecule has 0 aliphatic heterocycles. The second-order valence-corrected chi connectivity index (χ2v) is 5.62. The molecule has 0 unspecified atom stereocenters. The first-order valence-electron chi connectivity index (χ1n) is 6.97. The van der Waals surface area contributed by atoms with Crippen LogP contribution in [0.15, 0.2) is 28.9 Å². The number of amides is 2. The number of nitrogens with zero attached hydrogens (tertiary/aromatic N) is 1. The van der Waals surface area contributed by atoms with Gasteiger partial charge in [-0.2, -0.15) is 5.10 Å². The van der Waals surface area contributed by atoms with Crippen molar-refractivity contribution in [2.24, 2.45) is 11.0 Å². The largest absolute Gasteiger partial charge is 0.345 e. The first-order valence-corrected chi connectivity index (χ1v) is 6.97. The fourth-order valence-electron chi connectivity index (χ4n) is 2.07. The monoisotopic (exact) mass is 275 g/mol. The molecule has 108 valence electrons. The Hall–Kier alpha value is -1.91. The van der Waals surface area contributed by atoms with Crippen molar-refractivity contribution in [3.8, 4) is 0 Å². The average Bonchev–Trinajstić information content (AvgIpc) is 3.20. The van der Waals surface area contributed by atoms with Crippen LogP contribution in [0.4, 0.5) is 0 Å². The zero-order valence-electron chi connectivity index (χ0n) is 12.0. The molecule has 2 aliphatic carbocycles. The summed E-state index contributed by atoms with van der Waals surface area (Å²) < 4.78 is 0. The lowest BCUT2D eigenvalue weighted by molar-refractivity contribution is -0.139. The number of hydrazone groups is 1. The van der Waals surface area contributed by atoms with Gasteiger partial charge in [-0.25, -0.2) is 5.43 Å². The van der Waals surface area contributed by atoms with Gasteiger partial charge in [-0.05, 0) is 51.0 Å². The van der Waals surface area contributed by atoms with E-state index >= 15 is 0 Å². The number of carbonyl (C=O) groups is 2. The molecule has 1 saturated carbocycles. The van der Waals surface area contributed by atoms with Gasteiger partial charge in [0.1, 0.15) is 0 Å². The lowest BCUT2D eigenvalue weighted by Gasteiger charge is -2.22. The van der Waals surface area contributed by atoms with Crippen LogP contribution in [0.3, 0.4) is 0 Å². The molecule has 0 spiro atoms. The zero-order valence-corrected chi connectivity index (χ0v) is 12.0. The molecule has 0 aromatic heterocycles. The summed E-state index contributed by atoms with van der Waals surface area (Å²) in [5.74, 6) is -0.949. The summed E-state index contributed by atoms with van der Waals surface area (Å²) in [5, 5.41) is 6.72. The van der Waals surface area contributed by atoms with Gasteiger partial charge < -0.3 is 5.32 Å². The summed E-state index contributed by atoms with van der Waals surface area (Å²) >= 11 is 0. The smallest absolute Gasteiger partial charge is 0.329 e. The molecule has 1 atom stereocenters. The van der Waals surface area contributed by atoms with E-state index in [-0.39, 0.29) is 6.04 Å². The van der Waals surface area contributed by atoms with Crippen molar-refractivity contribution in [3.63, 3.8) is 0 Å². The number of carbonyl (C=O) groups excluding carboxylic acids is 2. The van der Waals surface area contributed by atoms with E-state index in [1.807, 2.05) is 13.8 Å². The van der Waals surface area contributed by atoms with E-state index in [9.17, 15) is 9.59 Å². The van der Waals surface area contributed by atoms with Crippen molar-refractivity contribution in [1.82, 2.24) is 10.7 Å². The molecule has 0 aromatic carbocycles. The Bertz CT molecular complexity index is 501. The molecule has 0 saturated heterocycles. The molecule has 0 heterocycles. The number of rotatable bonds is 3. The molecule has 1 fully saturated rings. The van der Waals surface area contributed by atoms with Crippen molar-refractivity contribution in [2.75, 3.05) is 0 Å². The summed E-state index contributed by atoms with van der Waals surface area (Å²) in [6.07, 6.45) is 5.71. The van der Waals surface area contributed by atoms with Crippen LogP contribution in [0.5, 0.6) is 0 Å². The molecule has 2 rings (SSSR count). The van der Waals surface area contributed by atoms with Crippen LogP contribution >= 0.6 is 0 Å². The van der Waals surface area contributed by atoms with Crippen LogP contribution < -0.4 is 10.7 Å². The van der Waals surface area contributed by atoms with E-state index in [0.29, 0.717) is 5.92 Å². The van der Waals surface area contributed by atoms with Gasteiger partial charge in [-0.15, -0.1) is 0 Å². The summed E-state index contributed by atoms with van der Waals surface area (Å²) in [5.41, 5.74) is 5.32. The Kier molecular flexibility index (Phi) is 4.37. The fourth-order valence-corrected chi connectivity index (χ4v) is 2.07. The molecule has 20 heavy (non-hydrogen) atoms. The van der Waals surface area contributed by atoms with Crippen LogP contribution in [0.2, 0.25) is 0 Å². The van der Waals surface area contributed by atoms with Crippen LogP contribution in [-0.4, -0.2) is 23.6 Å². The molecule has 0 bridgehead atoms. The van der Waals surface area contributed by atoms with Crippen molar-refractivity contribution < 1.29 is 9.59 Å². The van der Waals surface area contributed by atoms with Gasteiger partial charge in [0.25, 0.3) is 0 Å². The van der Waals surface area contributed by atoms with E-state index in [1.165, 1.54) is 0 Å². The van der Waals surface area contributed by atoms with Gasteiger partial charge in [0, 0.05) is 6.04 Å². The molecule has 2 aliphatic rings. The van der Waals surface area contributed by atoms with Gasteiger partial charge >= 0.3 is 11.8 Å². The van der Waals surface area contributed by atoms with Crippen LogP contribution in [0.25, 0.3) is 0 Å². The van der Waals surface area contributed by atoms with E-state index in [4.69, 9.17) is 0 Å². The predicted molar refractivity (Wildman–Crippen MR) is 78.0 cm³/mol. The molecule has 0 aromatic rings. The van der Waals surface area contributed by atoms with Crippen molar-refractivity contribution in [1.29, 1.82) is 0 Å². The van der Waals surface area contributed by atoms with Gasteiger partial charge in [0.2, 0.25) is 0 Å². The minimum atomic E-state index is -0.699. The quantitative estimate of drug-likeness (QED) is 0.467. The van der Waals surface area contributed by atoms with E-state index in [2.05, 4.69) is 28.5 Å². The van der Waals surface area contributed by atoms with Gasteiger partial charge in [0.15, 0.2) is 0 Å². The Balaban J connectivity index is 1.93. The summed E-state index contributed by atoms with van der Waals surface area (Å²) in [7, 11) is 0. The second kappa shape index (κ2) is 6.03. The van der Waals surface area contributed by atoms with Crippen molar-refractivity contribution >= 4 is 17.5 Å². The number of nitrogens with one attached hydrogen (secondary N) is 2. The maximum atomic E-state index is 11.6. The van der Waals surface area contributed by atoms with Gasteiger partial charge in [0.05, 0.1) is 5.71 Å². The van der Waals surface area contributed by atoms with Gasteiger partial charge in [-0.3, -0.25) is 9.59 Å². The first-order chi connectivity index (χ1) is 9.47. The molecule has 2 amide bonds. The predicted octanol–water partition coefficient (Wildman–Crippen LogP) is 1.67. The van der Waals surface area contributed by atoms with Crippen LogP contribution in [0, 0.1) is 5.92 Å². The molecule has 0 radical (unpaired) electrons. The van der Waals surface area contributed by atoms with E-state index in [0.717, 1.165) is 42.5 Å². The van der Waals surface area contributed by atoms with Crippen molar-refractivity contribution in [2.45, 2.75) is 45.6 Å². The average molecular weight is 275 g/mol. The first kappa shape index (κ1) is 14.5. The van der Waals surface area contributed by atoms with E-state index in [1.54, 1.807) is 0 Å². The molecular weight excluding hydrogens is 254 g/mol. The highest BCUT2D eigenvalue weighted by atomic mass is 16.2. The maximum Gasteiger partial charge on any atom is 0.329 e. The molecule has 2 N–H and O–H groups in total. The highest BCUT2D eigenvalue weighted by Gasteiger charge is 2.26. The van der Waals surface area contributed by atoms with Crippen molar-refractivity contribution in [3.05, 3.63) is 23.8 Å². The Morgan fingerprint density at radius 3 is 2.65 bits per heavy atom. The lowest BCUT2D eigenvalue weighted by atomic mass is 9.85. The third kappa shape index (κ3) is 3.79. The van der Waals surface area contributed by atoms with E-state index < -0.39 is 11.8 Å². The Morgan fingerprint density at radius 1 is 1.35 bits per heavy atom. The molecule has 5 nitrogen and oxygen atoms in total. The zero-order chi connectivity index (χ0) is 14.7. The number of hydrogen-bond donors (Lipinski definition) is 2. The normalized spacial score (nSPS) is 24.0. The van der Waals surface area contributed by atoms with Crippen LogP contribution in [-0.2, 0) is 9.59 Å². The minimum absolute atomic E-state index is 0.171. The molecular formula is C15H21N3O2. The number of allylic oxidation sites excluding steroid dienone is 3. The SMILES string of the molecule is C=C(C)[C@@H]1CC=C(C)/C(=N\NC(=O)C(=O)NC2CC2)C1. The number of hydrogen-bond acceptors (Lipinski definition) is 3. The summed E-state index contributed by atoms with van der Waals surface area (Å²) in [6.45, 7) is 7.93. The fraction of sp³-hybridized carbons (Fsp3) is 0.533. The second-order valence-electron chi connectivity index (χ2n) is 5.62. The Labute approximate surface area is 119 Å². The lowest BCUT2D eigenvalue weighted by Crippen LogP contribution is -2.39. The topological polar surface area (TPSA) is 70.6 Å². The van der Waals surface area contributed by atoms with Crippen LogP contribution in [0.1, 0.15) is 39.5 Å². The van der Waals surface area contributed by atoms with Gasteiger partial charge in [-0.1, -0.05) is 18.2 Å². The maximum absolute atomic E-state index is 11.6. The third-order valence-electron chi connectivity index (χ3n) is 3.71. The highest BCUT2D eigenvalue weighted by Crippen LogP contribution is 2.26. The standard InChI is InChI=1S/C15H21N3O2/c1-9(2)11-5-4-10(3)13(8-11)17-18-15(20)14(19)16-12-6-7-12/h4,11-12H,1,5-8H2,2-3H3,(H,16,19)(H,18,20)/b17-13-/t11-/m1/s1. The third-order valence-corrected chi connectivity index (χ3v) is 3.71.